The number of rotatable bonds is 5. The summed E-state index contributed by atoms with van der Waals surface area (Å²) in [5.74, 6) is -1.22. The number of esters is 1. The molecule has 180 valence electrons. The maximum absolute atomic E-state index is 13.0. The lowest BCUT2D eigenvalue weighted by Gasteiger charge is -2.15. The van der Waals surface area contributed by atoms with E-state index in [0.29, 0.717) is 28.1 Å². The molecule has 0 atom stereocenters. The van der Waals surface area contributed by atoms with Crippen molar-refractivity contribution in [3.05, 3.63) is 98.9 Å². The molecule has 7 nitrogen and oxygen atoms in total. The first kappa shape index (κ1) is 23.5. The lowest BCUT2D eigenvalue weighted by atomic mass is 10.1. The summed E-state index contributed by atoms with van der Waals surface area (Å²) in [7, 11) is 0. The fourth-order valence-corrected chi connectivity index (χ4v) is 4.24. The number of nitrogens with zero attached hydrogens (tertiary/aromatic N) is 1. The van der Waals surface area contributed by atoms with Crippen molar-refractivity contribution in [2.24, 2.45) is 5.92 Å². The van der Waals surface area contributed by atoms with E-state index in [1.54, 1.807) is 24.3 Å². The summed E-state index contributed by atoms with van der Waals surface area (Å²) < 4.78 is 11.1. The molecule has 0 unspecified atom stereocenters. The summed E-state index contributed by atoms with van der Waals surface area (Å²) in [4.78, 5) is 52.2. The van der Waals surface area contributed by atoms with Crippen LogP contribution in [0.5, 0.6) is 5.75 Å². The Labute approximate surface area is 210 Å². The molecule has 4 aromatic rings. The maximum atomic E-state index is 13.0. The zero-order valence-corrected chi connectivity index (χ0v) is 20.2. The van der Waals surface area contributed by atoms with E-state index >= 15 is 0 Å². The number of benzene rings is 3. The second-order valence-corrected chi connectivity index (χ2v) is 9.34. The predicted molar refractivity (Wildman–Crippen MR) is 135 cm³/mol. The van der Waals surface area contributed by atoms with Gasteiger partial charge in [-0.1, -0.05) is 37.6 Å². The van der Waals surface area contributed by atoms with Crippen molar-refractivity contribution in [1.82, 2.24) is 4.90 Å². The largest absolute Gasteiger partial charge is 0.463 e. The van der Waals surface area contributed by atoms with Gasteiger partial charge in [0.25, 0.3) is 11.8 Å². The lowest BCUT2D eigenvalue weighted by Crippen LogP contribution is -2.33. The molecular formula is C28H20ClNO6. The molecule has 0 aliphatic carbocycles. The molecule has 0 fully saturated rings. The lowest BCUT2D eigenvalue weighted by molar-refractivity contribution is 0.0635. The summed E-state index contributed by atoms with van der Waals surface area (Å²) in [6, 6.07) is 15.6. The topological polar surface area (TPSA) is 93.9 Å². The van der Waals surface area contributed by atoms with Crippen molar-refractivity contribution in [2.45, 2.75) is 13.8 Å². The average molecular weight is 502 g/mol. The van der Waals surface area contributed by atoms with Gasteiger partial charge in [0.15, 0.2) is 5.43 Å². The Morgan fingerprint density at radius 3 is 2.36 bits per heavy atom. The zero-order valence-electron chi connectivity index (χ0n) is 19.4. The van der Waals surface area contributed by atoms with Gasteiger partial charge in [-0.25, -0.2) is 4.79 Å². The van der Waals surface area contributed by atoms with Gasteiger partial charge in [-0.2, -0.15) is 0 Å². The van der Waals surface area contributed by atoms with Crippen molar-refractivity contribution >= 4 is 40.4 Å². The Morgan fingerprint density at radius 1 is 0.917 bits per heavy atom. The summed E-state index contributed by atoms with van der Waals surface area (Å²) in [5, 5.41) is 0.886. The third kappa shape index (κ3) is 4.18. The Kier molecular flexibility index (Phi) is 5.94. The molecule has 1 aliphatic heterocycles. The van der Waals surface area contributed by atoms with Crippen LogP contribution in [0.2, 0.25) is 5.02 Å². The third-order valence-electron chi connectivity index (χ3n) is 5.87. The first-order valence-electron chi connectivity index (χ1n) is 11.3. The Hall–Kier alpha value is -4.23. The van der Waals surface area contributed by atoms with Crippen LogP contribution in [0, 0.1) is 5.92 Å². The molecule has 1 aliphatic rings. The van der Waals surface area contributed by atoms with Crippen LogP contribution in [0.1, 0.15) is 44.9 Å². The van der Waals surface area contributed by atoms with Gasteiger partial charge in [0.05, 0.1) is 27.6 Å². The van der Waals surface area contributed by atoms with Gasteiger partial charge in [0, 0.05) is 17.6 Å². The average Bonchev–Trinajstić information content (AvgIpc) is 3.09. The summed E-state index contributed by atoms with van der Waals surface area (Å²) in [5.41, 5.74) is 1.64. The molecular weight excluding hydrogens is 482 g/mol. The van der Waals surface area contributed by atoms with E-state index in [4.69, 9.17) is 20.8 Å². The molecule has 0 N–H and O–H groups in total. The highest BCUT2D eigenvalue weighted by atomic mass is 35.5. The first-order chi connectivity index (χ1) is 17.2. The third-order valence-corrected chi connectivity index (χ3v) is 6.12. The zero-order chi connectivity index (χ0) is 25.6. The first-order valence-corrected chi connectivity index (χ1v) is 11.6. The predicted octanol–water partition coefficient (Wildman–Crippen LogP) is 5.58. The minimum absolute atomic E-state index is 0.117. The summed E-state index contributed by atoms with van der Waals surface area (Å²) in [6.07, 6.45) is 1.35. The number of ether oxygens (including phenoxy) is 1. The Balaban J connectivity index is 1.39. The maximum Gasteiger partial charge on any atom is 0.343 e. The fourth-order valence-electron chi connectivity index (χ4n) is 4.12. The summed E-state index contributed by atoms with van der Waals surface area (Å²) >= 11 is 5.93. The molecule has 3 aromatic carbocycles. The van der Waals surface area contributed by atoms with Crippen molar-refractivity contribution in [1.29, 1.82) is 0 Å². The smallest absolute Gasteiger partial charge is 0.343 e. The van der Waals surface area contributed by atoms with Gasteiger partial charge >= 0.3 is 5.97 Å². The van der Waals surface area contributed by atoms with Crippen LogP contribution in [-0.4, -0.2) is 29.2 Å². The molecule has 0 bridgehead atoms. The Bertz CT molecular complexity index is 1600. The molecule has 0 radical (unpaired) electrons. The molecule has 1 aromatic heterocycles. The highest BCUT2D eigenvalue weighted by Gasteiger charge is 2.36. The number of imide groups is 1. The van der Waals surface area contributed by atoms with E-state index in [0.717, 1.165) is 0 Å². The molecule has 0 saturated carbocycles. The van der Waals surface area contributed by atoms with Gasteiger partial charge in [-0.3, -0.25) is 19.3 Å². The van der Waals surface area contributed by atoms with Crippen LogP contribution in [0.3, 0.4) is 0 Å². The van der Waals surface area contributed by atoms with Gasteiger partial charge in [0.2, 0.25) is 0 Å². The minimum atomic E-state index is -0.708. The summed E-state index contributed by atoms with van der Waals surface area (Å²) in [6.45, 7) is 4.13. The molecule has 2 amide bonds. The van der Waals surface area contributed by atoms with E-state index in [9.17, 15) is 19.2 Å². The number of fused-ring (bicyclic) bond motifs is 2. The van der Waals surface area contributed by atoms with E-state index < -0.39 is 11.9 Å². The van der Waals surface area contributed by atoms with Crippen LogP contribution in [-0.2, 0) is 0 Å². The number of carbonyl (C=O) groups excluding carboxylic acids is 3. The van der Waals surface area contributed by atoms with Crippen LogP contribution in [0.25, 0.3) is 22.1 Å². The highest BCUT2D eigenvalue weighted by Crippen LogP contribution is 2.27. The van der Waals surface area contributed by atoms with Crippen LogP contribution >= 0.6 is 11.6 Å². The van der Waals surface area contributed by atoms with E-state index in [1.807, 2.05) is 13.8 Å². The molecule has 0 saturated heterocycles. The van der Waals surface area contributed by atoms with Gasteiger partial charge in [0.1, 0.15) is 17.6 Å². The molecule has 0 spiro atoms. The van der Waals surface area contributed by atoms with Crippen LogP contribution in [0.4, 0.5) is 0 Å². The SMILES string of the molecule is CC(C)CN1C(=O)c2ccc(C(=O)Oc3ccc4c(=O)c(-c5ccc(Cl)cc5)coc4c3)cc2C1=O. The number of carbonyl (C=O) groups is 3. The van der Waals surface area contributed by atoms with Gasteiger partial charge in [-0.05, 0) is 53.9 Å². The van der Waals surface area contributed by atoms with Gasteiger partial charge in [-0.15, -0.1) is 0 Å². The van der Waals surface area contributed by atoms with E-state index in [-0.39, 0.29) is 45.3 Å². The molecule has 5 rings (SSSR count). The molecule has 8 heteroatoms. The van der Waals surface area contributed by atoms with E-state index in [1.165, 1.54) is 47.6 Å². The van der Waals surface area contributed by atoms with E-state index in [2.05, 4.69) is 0 Å². The molecule has 2 heterocycles. The van der Waals surface area contributed by atoms with Gasteiger partial charge < -0.3 is 9.15 Å². The quantitative estimate of drug-likeness (QED) is 0.201. The normalized spacial score (nSPS) is 12.9. The number of amides is 2. The van der Waals surface area contributed by atoms with Crippen molar-refractivity contribution in [2.75, 3.05) is 6.54 Å². The van der Waals surface area contributed by atoms with Crippen LogP contribution in [0.15, 0.2) is 76.1 Å². The van der Waals surface area contributed by atoms with Crippen LogP contribution < -0.4 is 10.2 Å². The highest BCUT2D eigenvalue weighted by molar-refractivity contribution is 6.30. The number of hydrogen-bond acceptors (Lipinski definition) is 6. The van der Waals surface area contributed by atoms with Crippen molar-refractivity contribution in [3.8, 4) is 16.9 Å². The fraction of sp³-hybridized carbons (Fsp3) is 0.143. The van der Waals surface area contributed by atoms with Crippen molar-refractivity contribution in [3.63, 3.8) is 0 Å². The Morgan fingerprint density at radius 2 is 1.64 bits per heavy atom. The number of halogens is 1. The monoisotopic (exact) mass is 501 g/mol. The van der Waals surface area contributed by atoms with Crippen molar-refractivity contribution < 1.29 is 23.5 Å². The standard InChI is InChI=1S/C28H20ClNO6/c1-15(2)13-30-26(32)20-9-5-17(11-22(20)27(30)33)28(34)36-19-8-10-21-24(12-19)35-14-23(25(21)31)16-3-6-18(29)7-4-16/h3-12,14-15H,13H2,1-2H3. The second kappa shape index (κ2) is 9.09. The number of hydrogen-bond donors (Lipinski definition) is 0. The molecule has 36 heavy (non-hydrogen) atoms. The minimum Gasteiger partial charge on any atom is -0.463 e. The second-order valence-electron chi connectivity index (χ2n) is 8.91.